The van der Waals surface area contributed by atoms with Gasteiger partial charge in [-0.3, -0.25) is 0 Å². The summed E-state index contributed by atoms with van der Waals surface area (Å²) >= 11 is 11.9. The summed E-state index contributed by atoms with van der Waals surface area (Å²) in [6, 6.07) is 30.4. The molecule has 3 atom stereocenters. The lowest BCUT2D eigenvalue weighted by atomic mass is 9.67. The summed E-state index contributed by atoms with van der Waals surface area (Å²) in [6.45, 7) is 14.2. The van der Waals surface area contributed by atoms with Gasteiger partial charge in [-0.25, -0.2) is 9.59 Å². The zero-order valence-corrected chi connectivity index (χ0v) is 40.6. The number of hydrogen-bond acceptors (Lipinski definition) is 12. The third-order valence-corrected chi connectivity index (χ3v) is 20.6. The smallest absolute Gasteiger partial charge is 0.330 e. The number of carbonyl (C=O) groups is 2. The van der Waals surface area contributed by atoms with Crippen molar-refractivity contribution in [2.75, 3.05) is 53.5 Å². The number of rotatable bonds is 22. The monoisotopic (exact) mass is 944 g/mol. The van der Waals surface area contributed by atoms with E-state index in [2.05, 4.69) is 119 Å². The van der Waals surface area contributed by atoms with E-state index in [-0.39, 0.29) is 13.2 Å². The van der Waals surface area contributed by atoms with E-state index in [0.29, 0.717) is 26.6 Å². The topological polar surface area (TPSA) is 71.1 Å². The largest absolute Gasteiger partial charge is 0.489 e. The lowest BCUT2D eigenvalue weighted by Gasteiger charge is -2.35. The Bertz CT molecular complexity index is 2140. The number of esters is 2. The first-order valence-electron chi connectivity index (χ1n) is 21.2. The number of carbonyl (C=O) groups excluding carboxylic acids is 2. The van der Waals surface area contributed by atoms with E-state index in [1.165, 1.54) is 57.4 Å². The van der Waals surface area contributed by atoms with Crippen LogP contribution in [0.15, 0.2) is 110 Å². The van der Waals surface area contributed by atoms with Crippen molar-refractivity contribution in [3.63, 3.8) is 0 Å². The van der Waals surface area contributed by atoms with Gasteiger partial charge in [-0.2, -0.15) is 23.5 Å². The summed E-state index contributed by atoms with van der Waals surface area (Å²) in [6.07, 6.45) is 3.48. The van der Waals surface area contributed by atoms with Crippen LogP contribution in [0.2, 0.25) is 0 Å². The Morgan fingerprint density at radius 3 is 1.79 bits per heavy atom. The van der Waals surface area contributed by atoms with Crippen LogP contribution < -0.4 is 9.47 Å². The van der Waals surface area contributed by atoms with Crippen molar-refractivity contribution in [3.8, 4) is 22.6 Å². The Morgan fingerprint density at radius 2 is 1.24 bits per heavy atom. The summed E-state index contributed by atoms with van der Waals surface area (Å²) in [5.41, 5.74) is 8.44. The van der Waals surface area contributed by atoms with Gasteiger partial charge in [0, 0.05) is 46.2 Å². The maximum atomic E-state index is 12.4. The second-order valence-electron chi connectivity index (χ2n) is 15.5. The van der Waals surface area contributed by atoms with E-state index in [1.54, 1.807) is 0 Å². The molecule has 328 valence electrons. The lowest BCUT2D eigenvalue weighted by molar-refractivity contribution is -0.145. The molecule has 0 radical (unpaired) electrons. The third kappa shape index (κ3) is 11.3. The SMILES string of the molecule is C=CC(=O)OC(CCSC(C)C1SCCS1)COc1ccc(C2(c3ccc(OCC(CSCCC4SCCS4)OC(=O)C=C)c(C)c3)c3ccccc3-c3ccccc32)cc1C. The predicted octanol–water partition coefficient (Wildman–Crippen LogP) is 11.9. The molecule has 62 heavy (non-hydrogen) atoms. The van der Waals surface area contributed by atoms with Gasteiger partial charge in [-0.15, -0.1) is 47.0 Å². The number of benzene rings is 4. The molecule has 0 aromatic heterocycles. The third-order valence-electron chi connectivity index (χ3n) is 11.3. The van der Waals surface area contributed by atoms with Crippen LogP contribution in [0.5, 0.6) is 11.5 Å². The van der Waals surface area contributed by atoms with Crippen molar-refractivity contribution in [2.24, 2.45) is 0 Å². The molecule has 0 saturated carbocycles. The van der Waals surface area contributed by atoms with E-state index in [1.807, 2.05) is 70.6 Å². The summed E-state index contributed by atoms with van der Waals surface area (Å²) in [4.78, 5) is 24.7. The first-order valence-corrected chi connectivity index (χ1v) is 27.6. The van der Waals surface area contributed by atoms with Crippen LogP contribution in [0.1, 0.15) is 53.1 Å². The molecule has 0 spiro atoms. The predicted molar refractivity (Wildman–Crippen MR) is 270 cm³/mol. The molecule has 1 aliphatic carbocycles. The van der Waals surface area contributed by atoms with E-state index in [9.17, 15) is 9.59 Å². The fourth-order valence-corrected chi connectivity index (χ4v) is 17.0. The lowest BCUT2D eigenvalue weighted by Crippen LogP contribution is -2.29. The molecule has 3 unspecified atom stereocenters. The summed E-state index contributed by atoms with van der Waals surface area (Å²) < 4.78 is 25.7. The molecule has 4 aromatic rings. The summed E-state index contributed by atoms with van der Waals surface area (Å²) in [7, 11) is 0. The van der Waals surface area contributed by atoms with Gasteiger partial charge in [0.05, 0.1) is 14.6 Å². The number of aryl methyl sites for hydroxylation is 2. The molecule has 0 N–H and O–H groups in total. The zero-order chi connectivity index (χ0) is 43.5. The molecule has 7 rings (SSSR count). The zero-order valence-electron chi connectivity index (χ0n) is 35.7. The highest BCUT2D eigenvalue weighted by Crippen LogP contribution is 2.56. The molecule has 2 saturated heterocycles. The fourth-order valence-electron chi connectivity index (χ4n) is 8.28. The standard InChI is InChI=1S/C50H56O6S6/c1-6-46(51)55-38(20-23-58-35(5)49-61-26-27-62-49)30-53-44-18-16-36(28-33(44)3)50(42-14-10-8-12-40(42)41-13-9-11-15-43(41)50)37-17-19-45(34(4)29-37)54-31-39(56-47(52)7-2)32-57-22-21-48-59-24-25-60-48/h6-19,28-29,35,38-39,48-49H,1-2,20-27,30-32H2,3-5H3. The van der Waals surface area contributed by atoms with Crippen molar-refractivity contribution in [3.05, 3.63) is 144 Å². The van der Waals surface area contributed by atoms with Gasteiger partial charge in [-0.05, 0) is 94.8 Å². The second-order valence-corrected chi connectivity index (χ2v) is 23.8. The number of thioether (sulfide) groups is 6. The number of ether oxygens (including phenoxy) is 4. The molecule has 6 nitrogen and oxygen atoms in total. The quantitative estimate of drug-likeness (QED) is 0.0377. The molecular weight excluding hydrogens is 889 g/mol. The van der Waals surface area contributed by atoms with Crippen LogP contribution in [0.3, 0.4) is 0 Å². The number of hydrogen-bond donors (Lipinski definition) is 0. The molecule has 3 aliphatic rings. The van der Waals surface area contributed by atoms with Crippen LogP contribution >= 0.6 is 70.6 Å². The first-order chi connectivity index (χ1) is 30.2. The van der Waals surface area contributed by atoms with Gasteiger partial charge >= 0.3 is 11.9 Å². The van der Waals surface area contributed by atoms with E-state index in [0.717, 1.165) is 51.7 Å². The highest BCUT2D eigenvalue weighted by atomic mass is 32.2. The second kappa shape index (κ2) is 22.8. The summed E-state index contributed by atoms with van der Waals surface area (Å²) in [5.74, 6) is 8.06. The van der Waals surface area contributed by atoms with Crippen molar-refractivity contribution >= 4 is 82.5 Å². The van der Waals surface area contributed by atoms with Crippen LogP contribution in [0.25, 0.3) is 11.1 Å². The van der Waals surface area contributed by atoms with Gasteiger partial charge in [0.2, 0.25) is 0 Å². The van der Waals surface area contributed by atoms with Crippen LogP contribution in [0, 0.1) is 13.8 Å². The Morgan fingerprint density at radius 1 is 0.726 bits per heavy atom. The molecule has 2 heterocycles. The Labute approximate surface area is 393 Å². The number of fused-ring (bicyclic) bond motifs is 3. The van der Waals surface area contributed by atoms with Crippen LogP contribution in [-0.2, 0) is 24.5 Å². The van der Waals surface area contributed by atoms with Crippen molar-refractivity contribution in [1.82, 2.24) is 0 Å². The highest BCUT2D eigenvalue weighted by Gasteiger charge is 2.46. The Hall–Kier alpha value is -3.00. The Balaban J connectivity index is 1.12. The van der Waals surface area contributed by atoms with E-state index < -0.39 is 29.6 Å². The Kier molecular flexibility index (Phi) is 17.2. The van der Waals surface area contributed by atoms with E-state index in [4.69, 9.17) is 18.9 Å². The molecular formula is C50H56O6S6. The minimum Gasteiger partial charge on any atom is -0.489 e. The fraction of sp³-hybridized carbons (Fsp3) is 0.400. The average molecular weight is 945 g/mol. The molecule has 0 bridgehead atoms. The summed E-state index contributed by atoms with van der Waals surface area (Å²) in [5, 5.41) is 0.523. The van der Waals surface area contributed by atoms with Crippen molar-refractivity contribution < 1.29 is 28.5 Å². The van der Waals surface area contributed by atoms with Gasteiger partial charge in [0.25, 0.3) is 0 Å². The van der Waals surface area contributed by atoms with Crippen molar-refractivity contribution in [1.29, 1.82) is 0 Å². The van der Waals surface area contributed by atoms with Gasteiger partial charge in [0.15, 0.2) is 0 Å². The molecule has 12 heteroatoms. The first kappa shape index (κ1) is 47.0. The van der Waals surface area contributed by atoms with Gasteiger partial charge in [0.1, 0.15) is 36.9 Å². The van der Waals surface area contributed by atoms with Crippen LogP contribution in [0.4, 0.5) is 0 Å². The maximum absolute atomic E-state index is 12.4. The minimum absolute atomic E-state index is 0.252. The van der Waals surface area contributed by atoms with Gasteiger partial charge in [-0.1, -0.05) is 92.9 Å². The highest BCUT2D eigenvalue weighted by molar-refractivity contribution is 8.21. The van der Waals surface area contributed by atoms with E-state index >= 15 is 0 Å². The maximum Gasteiger partial charge on any atom is 0.330 e. The van der Waals surface area contributed by atoms with Crippen molar-refractivity contribution in [2.45, 2.75) is 65.6 Å². The molecule has 2 fully saturated rings. The minimum atomic E-state index is -0.625. The normalized spacial score (nSPS) is 17.1. The molecule has 0 amide bonds. The average Bonchev–Trinajstić information content (AvgIpc) is 4.08. The molecule has 4 aromatic carbocycles. The molecule has 2 aliphatic heterocycles. The van der Waals surface area contributed by atoms with Crippen LogP contribution in [-0.4, -0.2) is 92.0 Å². The van der Waals surface area contributed by atoms with Gasteiger partial charge < -0.3 is 18.9 Å².